The Bertz CT molecular complexity index is 1820. The van der Waals surface area contributed by atoms with Crippen molar-refractivity contribution in [3.63, 3.8) is 0 Å². The lowest BCUT2D eigenvalue weighted by atomic mass is 9.85. The minimum atomic E-state index is -3.77. The summed E-state index contributed by atoms with van der Waals surface area (Å²) in [6, 6.07) is 31.7. The van der Waals surface area contributed by atoms with Crippen molar-refractivity contribution in [1.29, 1.82) is 0 Å². The lowest BCUT2D eigenvalue weighted by Crippen LogP contribution is -2.46. The largest absolute Gasteiger partial charge is 0.313 e. The summed E-state index contributed by atoms with van der Waals surface area (Å²) in [5, 5.41) is 0.0897. The van der Waals surface area contributed by atoms with Crippen molar-refractivity contribution in [3.8, 4) is 0 Å². The van der Waals surface area contributed by atoms with E-state index >= 15 is 4.57 Å². The number of benzene rings is 4. The SMILES string of the molecule is [2H]C1(C)c2ccccc2N(C2=CC3C(C=C2)S(=O)(=O)c2ccccc2P3(=O)c2ccccc2)c2ccccc21.[2H][2H]. The summed E-state index contributed by atoms with van der Waals surface area (Å²) >= 11 is 0. The van der Waals surface area contributed by atoms with Gasteiger partial charge in [-0.05, 0) is 47.5 Å². The van der Waals surface area contributed by atoms with Gasteiger partial charge in [0.2, 0.25) is 0 Å². The molecule has 4 nitrogen and oxygen atoms in total. The van der Waals surface area contributed by atoms with Crippen molar-refractivity contribution in [2.45, 2.75) is 28.6 Å². The van der Waals surface area contributed by atoms with E-state index in [1.54, 1.807) is 30.3 Å². The summed E-state index contributed by atoms with van der Waals surface area (Å²) in [6.07, 6.45) is 5.44. The number of hydrogen-bond donors (Lipinski definition) is 0. The van der Waals surface area contributed by atoms with Crippen LogP contribution in [0.5, 0.6) is 0 Å². The Balaban J connectivity index is 0.00000148. The highest BCUT2D eigenvalue weighted by Crippen LogP contribution is 2.58. The molecule has 0 radical (unpaired) electrons. The molecule has 0 saturated carbocycles. The van der Waals surface area contributed by atoms with Gasteiger partial charge in [0.05, 0.1) is 15.8 Å². The van der Waals surface area contributed by atoms with Gasteiger partial charge in [-0.1, -0.05) is 91.9 Å². The fourth-order valence-corrected chi connectivity index (χ4v) is 12.7. The van der Waals surface area contributed by atoms with Gasteiger partial charge >= 0.3 is 0 Å². The molecule has 38 heavy (non-hydrogen) atoms. The Morgan fingerprint density at radius 1 is 0.842 bits per heavy atom. The number of anilines is 2. The van der Waals surface area contributed by atoms with E-state index in [1.165, 1.54) is 0 Å². The van der Waals surface area contributed by atoms with Crippen LogP contribution in [0.4, 0.5) is 11.4 Å². The van der Waals surface area contributed by atoms with E-state index < -0.39 is 33.8 Å². The number of rotatable bonds is 2. The van der Waals surface area contributed by atoms with Crippen LogP contribution in [0, 0.1) is 0 Å². The summed E-state index contributed by atoms with van der Waals surface area (Å²) < 4.78 is 62.4. The topological polar surface area (TPSA) is 54.5 Å². The highest BCUT2D eigenvalue weighted by atomic mass is 32.2. The van der Waals surface area contributed by atoms with Gasteiger partial charge in [-0.15, -0.1) is 0 Å². The van der Waals surface area contributed by atoms with Gasteiger partial charge in [-0.25, -0.2) is 8.42 Å². The third kappa shape index (κ3) is 3.15. The molecule has 0 amide bonds. The molecule has 7 rings (SSSR count). The van der Waals surface area contributed by atoms with Gasteiger partial charge in [0.1, 0.15) is 0 Å². The van der Waals surface area contributed by atoms with Gasteiger partial charge in [0, 0.05) is 37.9 Å². The van der Waals surface area contributed by atoms with E-state index in [-0.39, 0.29) is 4.90 Å². The third-order valence-electron chi connectivity index (χ3n) is 7.94. The Labute approximate surface area is 227 Å². The second kappa shape index (κ2) is 8.42. The number of nitrogens with zero attached hydrogens (tertiary/aromatic N) is 1. The first-order valence-corrected chi connectivity index (χ1v) is 16.0. The van der Waals surface area contributed by atoms with Crippen molar-refractivity contribution < 1.29 is 17.3 Å². The Kier molecular flexibility index (Phi) is 4.72. The number of hydrogen-bond acceptors (Lipinski definition) is 4. The van der Waals surface area contributed by atoms with Crippen LogP contribution in [0.25, 0.3) is 0 Å². The molecule has 0 bridgehead atoms. The molecular formula is C32H28NO3PS. The van der Waals surface area contributed by atoms with E-state index in [9.17, 15) is 9.79 Å². The summed E-state index contributed by atoms with van der Waals surface area (Å²) in [6.45, 7) is 1.90. The molecule has 4 aromatic carbocycles. The predicted octanol–water partition coefficient (Wildman–Crippen LogP) is 6.53. The molecule has 4 aromatic rings. The zero-order valence-corrected chi connectivity index (χ0v) is 22.4. The number of fused-ring (bicyclic) bond motifs is 4. The second-order valence-electron chi connectivity index (χ2n) is 9.91. The number of para-hydroxylation sites is 2. The van der Waals surface area contributed by atoms with E-state index in [2.05, 4.69) is 4.90 Å². The smallest absolute Gasteiger partial charge is 0.186 e. The summed E-state index contributed by atoms with van der Waals surface area (Å²) in [5.74, 6) is -0.961. The number of sulfone groups is 1. The maximum atomic E-state index is 15.3. The fraction of sp³-hybridized carbons (Fsp3) is 0.125. The van der Waals surface area contributed by atoms with E-state index in [1.807, 2.05) is 97.9 Å². The molecule has 190 valence electrons. The van der Waals surface area contributed by atoms with Crippen LogP contribution in [-0.2, 0) is 14.4 Å². The molecule has 2 aliphatic heterocycles. The van der Waals surface area contributed by atoms with E-state index in [0.717, 1.165) is 28.2 Å². The van der Waals surface area contributed by atoms with Crippen molar-refractivity contribution in [2.24, 2.45) is 0 Å². The van der Waals surface area contributed by atoms with Crippen LogP contribution in [0.15, 0.2) is 132 Å². The van der Waals surface area contributed by atoms with Crippen molar-refractivity contribution >= 4 is 39.0 Å². The molecule has 3 aliphatic rings. The van der Waals surface area contributed by atoms with Gasteiger partial charge in [0.15, 0.2) is 17.0 Å². The molecule has 3 atom stereocenters. The molecule has 6 heteroatoms. The number of allylic oxidation sites excluding steroid dienone is 2. The average molecular weight is 541 g/mol. The minimum absolute atomic E-state index is 0.151. The Morgan fingerprint density at radius 2 is 1.42 bits per heavy atom. The second-order valence-corrected chi connectivity index (χ2v) is 14.9. The molecule has 0 aromatic heterocycles. The monoisotopic (exact) mass is 540 g/mol. The van der Waals surface area contributed by atoms with Gasteiger partial charge < -0.3 is 9.46 Å². The van der Waals surface area contributed by atoms with E-state index in [0.29, 0.717) is 10.6 Å². The van der Waals surface area contributed by atoms with E-state index in [4.69, 9.17) is 2.97 Å². The zero-order chi connectivity index (χ0) is 29.0. The molecule has 0 N–H and O–H groups in total. The van der Waals surface area contributed by atoms with Crippen LogP contribution >= 0.6 is 7.14 Å². The highest BCUT2D eigenvalue weighted by molar-refractivity contribution is 7.96. The van der Waals surface area contributed by atoms with Crippen LogP contribution in [0.3, 0.4) is 0 Å². The summed E-state index contributed by atoms with van der Waals surface area (Å²) in [7, 11) is -7.19. The Hall–Kier alpha value is -3.66. The van der Waals surface area contributed by atoms with Crippen LogP contribution in [0.2, 0.25) is 0 Å². The molecule has 3 unspecified atom stereocenters. The summed E-state index contributed by atoms with van der Waals surface area (Å²) in [5.41, 5.74) is 3.40. The van der Waals surface area contributed by atoms with Crippen molar-refractivity contribution in [3.05, 3.63) is 138 Å². The molecular weight excluding hydrogens is 509 g/mol. The lowest BCUT2D eigenvalue weighted by Gasteiger charge is -2.42. The molecule has 2 heterocycles. The minimum Gasteiger partial charge on any atom is -0.313 e. The van der Waals surface area contributed by atoms with Crippen molar-refractivity contribution in [2.75, 3.05) is 4.90 Å². The van der Waals surface area contributed by atoms with Gasteiger partial charge in [0.25, 0.3) is 0 Å². The maximum Gasteiger partial charge on any atom is 0.186 e. The molecule has 0 fully saturated rings. The fourth-order valence-electron chi connectivity index (χ4n) is 6.15. The quantitative estimate of drug-likeness (QED) is 0.272. The van der Waals surface area contributed by atoms with Crippen molar-refractivity contribution in [1.82, 2.24) is 0 Å². The standard InChI is InChI=1S/C32H26NO3PS.H2/c1-22-25-13-5-7-15-27(25)33(28-16-8-6-14-26(22)28)23-19-20-32-30(21-23)37(34,24-11-3-2-4-12-24)29-17-9-10-18-31(29)38(32,35)36;/h2-22,30,32H,1H3;1H/i22D;1+1D. The van der Waals surface area contributed by atoms with Gasteiger partial charge in [-0.3, -0.25) is 0 Å². The summed E-state index contributed by atoms with van der Waals surface area (Å²) in [4.78, 5) is 2.23. The van der Waals surface area contributed by atoms with Crippen LogP contribution < -0.4 is 15.5 Å². The highest BCUT2D eigenvalue weighted by Gasteiger charge is 2.53. The zero-order valence-electron chi connectivity index (χ0n) is 23.7. The van der Waals surface area contributed by atoms with Gasteiger partial charge in [-0.2, -0.15) is 0 Å². The third-order valence-corrected chi connectivity index (χ3v) is 13.9. The normalized spacial score (nSPS) is 26.4. The molecule has 0 spiro atoms. The molecule has 1 aliphatic carbocycles. The Morgan fingerprint density at radius 3 is 2.11 bits per heavy atom. The van der Waals surface area contributed by atoms with Crippen LogP contribution in [-0.4, -0.2) is 19.3 Å². The lowest BCUT2D eigenvalue weighted by molar-refractivity contribution is 0.567. The predicted molar refractivity (Wildman–Crippen MR) is 156 cm³/mol. The van der Waals surface area contributed by atoms with Crippen LogP contribution in [0.1, 0.15) is 28.3 Å². The average Bonchev–Trinajstić information content (AvgIpc) is 3.02. The first kappa shape index (κ1) is 21.3. The first-order valence-electron chi connectivity index (χ1n) is 14.1. The maximum absolute atomic E-state index is 15.3. The molecule has 0 saturated heterocycles. The first-order chi connectivity index (χ1) is 19.8.